The van der Waals surface area contributed by atoms with Gasteiger partial charge in [-0.3, -0.25) is 14.5 Å². The van der Waals surface area contributed by atoms with E-state index >= 15 is 0 Å². The monoisotopic (exact) mass is 225 g/mol. The average Bonchev–Trinajstić information content (AvgIpc) is 2.23. The van der Waals surface area contributed by atoms with Gasteiger partial charge in [-0.15, -0.1) is 6.58 Å². The van der Waals surface area contributed by atoms with Gasteiger partial charge in [0.1, 0.15) is 5.41 Å². The lowest BCUT2D eigenvalue weighted by Crippen LogP contribution is -2.51. The maximum atomic E-state index is 12.0. The van der Waals surface area contributed by atoms with Gasteiger partial charge < -0.3 is 4.74 Å². The van der Waals surface area contributed by atoms with Gasteiger partial charge in [-0.05, 0) is 33.4 Å². The third-order valence-electron chi connectivity index (χ3n) is 3.03. The molecule has 0 aromatic carbocycles. The lowest BCUT2D eigenvalue weighted by Gasteiger charge is -2.36. The second kappa shape index (κ2) is 5.25. The zero-order valence-corrected chi connectivity index (χ0v) is 9.99. The third kappa shape index (κ3) is 2.32. The number of allylic oxidation sites excluding steroid dienone is 1. The SMILES string of the molecule is C=CCC1(C(=O)OCC)CCN(C)CC1=O. The molecule has 0 saturated carbocycles. The molecule has 0 aliphatic carbocycles. The number of hydrogen-bond donors (Lipinski definition) is 0. The zero-order chi connectivity index (χ0) is 12.2. The fraction of sp³-hybridized carbons (Fsp3) is 0.667. The molecule has 0 amide bonds. The minimum atomic E-state index is -0.982. The van der Waals surface area contributed by atoms with E-state index < -0.39 is 11.4 Å². The maximum absolute atomic E-state index is 12.0. The van der Waals surface area contributed by atoms with Crippen molar-refractivity contribution in [2.24, 2.45) is 5.41 Å². The Hall–Kier alpha value is -1.16. The van der Waals surface area contributed by atoms with E-state index in [-0.39, 0.29) is 5.78 Å². The van der Waals surface area contributed by atoms with Gasteiger partial charge in [0, 0.05) is 0 Å². The third-order valence-corrected chi connectivity index (χ3v) is 3.03. The van der Waals surface area contributed by atoms with Crippen LogP contribution in [0.3, 0.4) is 0 Å². The zero-order valence-electron chi connectivity index (χ0n) is 9.99. The van der Waals surface area contributed by atoms with Gasteiger partial charge in [0.05, 0.1) is 13.2 Å². The van der Waals surface area contributed by atoms with E-state index in [2.05, 4.69) is 6.58 Å². The molecule has 1 heterocycles. The van der Waals surface area contributed by atoms with Crippen molar-refractivity contribution in [1.82, 2.24) is 4.90 Å². The number of carbonyl (C=O) groups excluding carboxylic acids is 2. The number of likely N-dealkylation sites (tertiary alicyclic amines) is 1. The average molecular weight is 225 g/mol. The highest BCUT2D eigenvalue weighted by atomic mass is 16.5. The fourth-order valence-electron chi connectivity index (χ4n) is 2.03. The Labute approximate surface area is 96.3 Å². The molecule has 0 spiro atoms. The van der Waals surface area contributed by atoms with E-state index in [0.29, 0.717) is 26.0 Å². The minimum Gasteiger partial charge on any atom is -0.465 e. The van der Waals surface area contributed by atoms with Crippen LogP contribution in [0.5, 0.6) is 0 Å². The molecule has 90 valence electrons. The van der Waals surface area contributed by atoms with Crippen molar-refractivity contribution >= 4 is 11.8 Å². The van der Waals surface area contributed by atoms with Gasteiger partial charge >= 0.3 is 5.97 Å². The molecular formula is C12H19NO3. The van der Waals surface area contributed by atoms with Gasteiger partial charge in [-0.1, -0.05) is 6.08 Å². The highest BCUT2D eigenvalue weighted by Gasteiger charge is 2.48. The molecule has 1 unspecified atom stereocenters. The number of ketones is 1. The Morgan fingerprint density at radius 2 is 2.38 bits per heavy atom. The van der Waals surface area contributed by atoms with Crippen molar-refractivity contribution in [3.8, 4) is 0 Å². The number of carbonyl (C=O) groups is 2. The number of likely N-dealkylation sites (N-methyl/N-ethyl adjacent to an activating group) is 1. The smallest absolute Gasteiger partial charge is 0.320 e. The molecule has 0 N–H and O–H groups in total. The first kappa shape index (κ1) is 12.9. The summed E-state index contributed by atoms with van der Waals surface area (Å²) in [5, 5.41) is 0. The van der Waals surface area contributed by atoms with Crippen LogP contribution in [-0.4, -0.2) is 43.4 Å². The summed E-state index contributed by atoms with van der Waals surface area (Å²) < 4.78 is 5.02. The predicted octanol–water partition coefficient (Wildman–Crippen LogP) is 1.02. The van der Waals surface area contributed by atoms with Crippen molar-refractivity contribution in [2.45, 2.75) is 19.8 Å². The van der Waals surface area contributed by atoms with E-state index in [1.807, 2.05) is 11.9 Å². The largest absolute Gasteiger partial charge is 0.465 e. The van der Waals surface area contributed by atoms with Crippen LogP contribution in [0.1, 0.15) is 19.8 Å². The second-order valence-electron chi connectivity index (χ2n) is 4.21. The number of hydrogen-bond acceptors (Lipinski definition) is 4. The summed E-state index contributed by atoms with van der Waals surface area (Å²) in [5.41, 5.74) is -0.982. The summed E-state index contributed by atoms with van der Waals surface area (Å²) in [6.45, 7) is 6.72. The Kier molecular flexibility index (Phi) is 4.24. The number of rotatable bonds is 4. The molecule has 1 atom stereocenters. The van der Waals surface area contributed by atoms with Crippen LogP contribution in [-0.2, 0) is 14.3 Å². The first-order valence-electron chi connectivity index (χ1n) is 5.56. The molecule has 0 bridgehead atoms. The van der Waals surface area contributed by atoms with Crippen LogP contribution in [0.15, 0.2) is 12.7 Å². The van der Waals surface area contributed by atoms with Gasteiger partial charge in [0.15, 0.2) is 5.78 Å². The number of Topliss-reactive ketones (excluding diaryl/α,β-unsaturated/α-hetero) is 1. The lowest BCUT2D eigenvalue weighted by atomic mass is 9.74. The van der Waals surface area contributed by atoms with E-state index in [9.17, 15) is 9.59 Å². The van der Waals surface area contributed by atoms with Crippen molar-refractivity contribution < 1.29 is 14.3 Å². The first-order chi connectivity index (χ1) is 7.56. The van der Waals surface area contributed by atoms with Gasteiger partial charge in [-0.25, -0.2) is 0 Å². The minimum absolute atomic E-state index is 0.0559. The van der Waals surface area contributed by atoms with Crippen LogP contribution >= 0.6 is 0 Å². The highest BCUT2D eigenvalue weighted by molar-refractivity contribution is 6.05. The van der Waals surface area contributed by atoms with Crippen molar-refractivity contribution in [2.75, 3.05) is 26.7 Å². The van der Waals surface area contributed by atoms with Crippen molar-refractivity contribution in [3.05, 3.63) is 12.7 Å². The van der Waals surface area contributed by atoms with Crippen LogP contribution in [0.25, 0.3) is 0 Å². The van der Waals surface area contributed by atoms with Crippen LogP contribution in [0.4, 0.5) is 0 Å². The molecule has 4 heteroatoms. The quantitative estimate of drug-likeness (QED) is 0.407. The normalized spacial score (nSPS) is 26.5. The standard InChI is InChI=1S/C12H19NO3/c1-4-6-12(11(15)16-5-2)7-8-13(3)9-10(12)14/h4H,1,5-9H2,2-3H3. The molecule has 0 radical (unpaired) electrons. The molecule has 1 aliphatic heterocycles. The van der Waals surface area contributed by atoms with Gasteiger partial charge in [-0.2, -0.15) is 0 Å². The highest BCUT2D eigenvalue weighted by Crippen LogP contribution is 2.33. The summed E-state index contributed by atoms with van der Waals surface area (Å²) >= 11 is 0. The summed E-state index contributed by atoms with van der Waals surface area (Å²) in [4.78, 5) is 25.9. The van der Waals surface area contributed by atoms with Crippen LogP contribution in [0, 0.1) is 5.41 Å². The molecule has 1 rings (SSSR count). The Morgan fingerprint density at radius 3 is 2.88 bits per heavy atom. The molecule has 0 aromatic heterocycles. The molecule has 1 aliphatic rings. The van der Waals surface area contributed by atoms with E-state index in [1.165, 1.54) is 0 Å². The maximum Gasteiger partial charge on any atom is 0.320 e. The van der Waals surface area contributed by atoms with Gasteiger partial charge in [0.2, 0.25) is 0 Å². The molecule has 1 fully saturated rings. The summed E-state index contributed by atoms with van der Waals surface area (Å²) in [7, 11) is 1.88. The number of esters is 1. The summed E-state index contributed by atoms with van der Waals surface area (Å²) in [6.07, 6.45) is 2.52. The molecule has 16 heavy (non-hydrogen) atoms. The summed E-state index contributed by atoms with van der Waals surface area (Å²) in [5.74, 6) is -0.451. The van der Waals surface area contributed by atoms with E-state index in [1.54, 1.807) is 13.0 Å². The Morgan fingerprint density at radius 1 is 1.69 bits per heavy atom. The number of piperidine rings is 1. The van der Waals surface area contributed by atoms with Crippen molar-refractivity contribution in [3.63, 3.8) is 0 Å². The first-order valence-corrected chi connectivity index (χ1v) is 5.56. The molecule has 1 saturated heterocycles. The Balaban J connectivity index is 2.91. The van der Waals surface area contributed by atoms with E-state index in [4.69, 9.17) is 4.74 Å². The Bertz CT molecular complexity index is 291. The summed E-state index contributed by atoms with van der Waals surface area (Å²) in [6, 6.07) is 0. The number of nitrogens with zero attached hydrogens (tertiary/aromatic N) is 1. The van der Waals surface area contributed by atoms with Gasteiger partial charge in [0.25, 0.3) is 0 Å². The molecular weight excluding hydrogens is 206 g/mol. The van der Waals surface area contributed by atoms with E-state index in [0.717, 1.165) is 6.54 Å². The second-order valence-corrected chi connectivity index (χ2v) is 4.21. The van der Waals surface area contributed by atoms with Crippen LogP contribution in [0.2, 0.25) is 0 Å². The fourth-order valence-corrected chi connectivity index (χ4v) is 2.03. The van der Waals surface area contributed by atoms with Crippen LogP contribution < -0.4 is 0 Å². The predicted molar refractivity (Wildman–Crippen MR) is 61.0 cm³/mol. The molecule has 0 aromatic rings. The number of ether oxygens (including phenoxy) is 1. The topological polar surface area (TPSA) is 46.6 Å². The van der Waals surface area contributed by atoms with Crippen molar-refractivity contribution in [1.29, 1.82) is 0 Å². The lowest BCUT2D eigenvalue weighted by molar-refractivity contribution is -0.163. The molecule has 4 nitrogen and oxygen atoms in total.